The lowest BCUT2D eigenvalue weighted by Gasteiger charge is -2.30. The van der Waals surface area contributed by atoms with E-state index in [0.717, 1.165) is 38.2 Å². The Kier molecular flexibility index (Phi) is 3.89. The summed E-state index contributed by atoms with van der Waals surface area (Å²) in [6, 6.07) is 9.60. The summed E-state index contributed by atoms with van der Waals surface area (Å²) in [5.74, 6) is 0. The summed E-state index contributed by atoms with van der Waals surface area (Å²) < 4.78 is 5.44. The van der Waals surface area contributed by atoms with Crippen molar-refractivity contribution in [3.8, 4) is 0 Å². The Balaban J connectivity index is 1.57. The van der Waals surface area contributed by atoms with Gasteiger partial charge in [0.1, 0.15) is 6.10 Å². The summed E-state index contributed by atoms with van der Waals surface area (Å²) in [6.07, 6.45) is 1.10. The van der Waals surface area contributed by atoms with Gasteiger partial charge in [0.05, 0.1) is 12.6 Å². The zero-order chi connectivity index (χ0) is 13.9. The zero-order valence-electron chi connectivity index (χ0n) is 11.4. The number of piperidine rings is 1. The largest absolute Gasteiger partial charge is 0.443 e. The van der Waals surface area contributed by atoms with Gasteiger partial charge in [-0.1, -0.05) is 18.2 Å². The molecule has 0 spiro atoms. The topological polar surface area (TPSA) is 53.0 Å². The molecule has 0 aliphatic carbocycles. The quantitative estimate of drug-likeness (QED) is 0.908. The highest BCUT2D eigenvalue weighted by molar-refractivity contribution is 5.89. The number of nitrogens with zero attached hydrogens (tertiary/aromatic N) is 2. The third kappa shape index (κ3) is 2.94. The first kappa shape index (κ1) is 13.4. The molecular formula is C15H20N2O3. The molecule has 2 heterocycles. The van der Waals surface area contributed by atoms with E-state index in [-0.39, 0.29) is 18.3 Å². The molecule has 5 heteroatoms. The number of cyclic esters (lactones) is 1. The predicted octanol–water partition coefficient (Wildman–Crippen LogP) is 1.47. The van der Waals surface area contributed by atoms with Crippen LogP contribution in [-0.4, -0.2) is 54.5 Å². The third-order valence-electron chi connectivity index (χ3n) is 3.96. The van der Waals surface area contributed by atoms with E-state index in [1.165, 1.54) is 0 Å². The molecule has 0 saturated carbocycles. The summed E-state index contributed by atoms with van der Waals surface area (Å²) in [5.41, 5.74) is 0.883. The Labute approximate surface area is 118 Å². The molecule has 1 aromatic rings. The lowest BCUT2D eigenvalue weighted by molar-refractivity contribution is 0.0552. The minimum atomic E-state index is -0.266. The number of amides is 1. The molecule has 2 saturated heterocycles. The number of rotatable bonds is 3. The number of hydrogen-bond donors (Lipinski definition) is 1. The van der Waals surface area contributed by atoms with Crippen LogP contribution in [0.5, 0.6) is 0 Å². The number of benzene rings is 1. The van der Waals surface area contributed by atoms with Gasteiger partial charge >= 0.3 is 6.09 Å². The number of carbonyl (C=O) groups is 1. The van der Waals surface area contributed by atoms with Crippen molar-refractivity contribution in [1.29, 1.82) is 0 Å². The van der Waals surface area contributed by atoms with Crippen molar-refractivity contribution in [2.75, 3.05) is 31.1 Å². The fraction of sp³-hybridized carbons (Fsp3) is 0.533. The van der Waals surface area contributed by atoms with E-state index in [2.05, 4.69) is 4.90 Å². The molecule has 0 radical (unpaired) electrons. The van der Waals surface area contributed by atoms with E-state index < -0.39 is 0 Å². The molecule has 108 valence electrons. The van der Waals surface area contributed by atoms with Gasteiger partial charge in [-0.25, -0.2) is 4.79 Å². The zero-order valence-corrected chi connectivity index (χ0v) is 11.4. The Morgan fingerprint density at radius 2 is 1.90 bits per heavy atom. The Morgan fingerprint density at radius 1 is 1.20 bits per heavy atom. The maximum atomic E-state index is 11.9. The molecular weight excluding hydrogens is 256 g/mol. The molecule has 2 fully saturated rings. The average Bonchev–Trinajstić information content (AvgIpc) is 2.83. The van der Waals surface area contributed by atoms with Crippen LogP contribution in [-0.2, 0) is 4.74 Å². The van der Waals surface area contributed by atoms with Crippen LogP contribution >= 0.6 is 0 Å². The van der Waals surface area contributed by atoms with Gasteiger partial charge in [-0.15, -0.1) is 0 Å². The van der Waals surface area contributed by atoms with Crippen molar-refractivity contribution in [3.63, 3.8) is 0 Å². The number of para-hydroxylation sites is 1. The lowest BCUT2D eigenvalue weighted by Crippen LogP contribution is -2.41. The summed E-state index contributed by atoms with van der Waals surface area (Å²) in [4.78, 5) is 15.9. The smallest absolute Gasteiger partial charge is 0.414 e. The first-order chi connectivity index (χ1) is 9.72. The van der Waals surface area contributed by atoms with Crippen LogP contribution in [0, 0.1) is 0 Å². The molecule has 3 rings (SSSR count). The maximum Gasteiger partial charge on any atom is 0.414 e. The SMILES string of the molecule is O=C1OC(CN2CCC(O)CC2)CN1c1ccccc1. The van der Waals surface area contributed by atoms with Crippen LogP contribution in [0.2, 0.25) is 0 Å². The van der Waals surface area contributed by atoms with E-state index in [1.54, 1.807) is 4.90 Å². The molecule has 2 aliphatic heterocycles. The first-order valence-electron chi connectivity index (χ1n) is 7.16. The molecule has 5 nitrogen and oxygen atoms in total. The number of carbonyl (C=O) groups excluding carboxylic acids is 1. The number of aliphatic hydroxyl groups is 1. The van der Waals surface area contributed by atoms with Crippen molar-refractivity contribution in [2.45, 2.75) is 25.0 Å². The molecule has 1 N–H and O–H groups in total. The van der Waals surface area contributed by atoms with Gasteiger partial charge in [0, 0.05) is 25.3 Å². The second kappa shape index (κ2) is 5.81. The normalized spacial score (nSPS) is 24.9. The second-order valence-electron chi connectivity index (χ2n) is 5.48. The van der Waals surface area contributed by atoms with Crippen LogP contribution in [0.4, 0.5) is 10.5 Å². The van der Waals surface area contributed by atoms with Gasteiger partial charge in [0.25, 0.3) is 0 Å². The number of anilines is 1. The third-order valence-corrected chi connectivity index (χ3v) is 3.96. The fourth-order valence-electron chi connectivity index (χ4n) is 2.83. The molecule has 1 atom stereocenters. The average molecular weight is 276 g/mol. The van der Waals surface area contributed by atoms with Gasteiger partial charge in [-0.3, -0.25) is 9.80 Å². The van der Waals surface area contributed by atoms with Gasteiger partial charge in [0.2, 0.25) is 0 Å². The highest BCUT2D eigenvalue weighted by Crippen LogP contribution is 2.22. The second-order valence-corrected chi connectivity index (χ2v) is 5.48. The summed E-state index contributed by atoms with van der Waals surface area (Å²) in [5, 5.41) is 9.50. The molecule has 1 aromatic carbocycles. The highest BCUT2D eigenvalue weighted by atomic mass is 16.6. The summed E-state index contributed by atoms with van der Waals surface area (Å²) >= 11 is 0. The van der Waals surface area contributed by atoms with E-state index in [9.17, 15) is 9.90 Å². The van der Waals surface area contributed by atoms with Gasteiger partial charge in [-0.2, -0.15) is 0 Å². The van der Waals surface area contributed by atoms with Gasteiger partial charge in [-0.05, 0) is 25.0 Å². The van der Waals surface area contributed by atoms with Crippen molar-refractivity contribution in [2.24, 2.45) is 0 Å². The van der Waals surface area contributed by atoms with Crippen molar-refractivity contribution in [3.05, 3.63) is 30.3 Å². The van der Waals surface area contributed by atoms with E-state index in [0.29, 0.717) is 6.54 Å². The minimum Gasteiger partial charge on any atom is -0.443 e. The Bertz CT molecular complexity index is 457. The molecule has 1 unspecified atom stereocenters. The monoisotopic (exact) mass is 276 g/mol. The first-order valence-corrected chi connectivity index (χ1v) is 7.16. The maximum absolute atomic E-state index is 11.9. The van der Waals surface area contributed by atoms with Crippen LogP contribution < -0.4 is 4.90 Å². The van der Waals surface area contributed by atoms with Crippen molar-refractivity contribution >= 4 is 11.8 Å². The van der Waals surface area contributed by atoms with E-state index in [4.69, 9.17) is 4.74 Å². The molecule has 0 bridgehead atoms. The van der Waals surface area contributed by atoms with Crippen LogP contribution in [0.15, 0.2) is 30.3 Å². The summed E-state index contributed by atoms with van der Waals surface area (Å²) in [6.45, 7) is 3.10. The van der Waals surface area contributed by atoms with E-state index in [1.807, 2.05) is 30.3 Å². The highest BCUT2D eigenvalue weighted by Gasteiger charge is 2.33. The van der Waals surface area contributed by atoms with Crippen molar-refractivity contribution in [1.82, 2.24) is 4.90 Å². The van der Waals surface area contributed by atoms with Crippen molar-refractivity contribution < 1.29 is 14.6 Å². The minimum absolute atomic E-state index is 0.0852. The van der Waals surface area contributed by atoms with Crippen LogP contribution in [0.25, 0.3) is 0 Å². The van der Waals surface area contributed by atoms with Gasteiger partial charge < -0.3 is 9.84 Å². The molecule has 0 aromatic heterocycles. The van der Waals surface area contributed by atoms with E-state index >= 15 is 0 Å². The molecule has 1 amide bonds. The Hall–Kier alpha value is -1.59. The van der Waals surface area contributed by atoms with Gasteiger partial charge in [0.15, 0.2) is 0 Å². The fourth-order valence-corrected chi connectivity index (χ4v) is 2.83. The summed E-state index contributed by atoms with van der Waals surface area (Å²) in [7, 11) is 0. The molecule has 20 heavy (non-hydrogen) atoms. The number of aliphatic hydroxyl groups excluding tert-OH is 1. The number of ether oxygens (including phenoxy) is 1. The number of hydrogen-bond acceptors (Lipinski definition) is 4. The standard InChI is InChI=1S/C15H20N2O3/c18-13-6-8-16(9-7-13)10-14-11-17(15(19)20-14)12-4-2-1-3-5-12/h1-5,13-14,18H,6-11H2. The Morgan fingerprint density at radius 3 is 2.60 bits per heavy atom. The lowest BCUT2D eigenvalue weighted by atomic mass is 10.1. The predicted molar refractivity (Wildman–Crippen MR) is 75.7 cm³/mol. The van der Waals surface area contributed by atoms with Crippen LogP contribution in [0.3, 0.4) is 0 Å². The molecule has 2 aliphatic rings. The van der Waals surface area contributed by atoms with Crippen LogP contribution in [0.1, 0.15) is 12.8 Å². The number of likely N-dealkylation sites (tertiary alicyclic amines) is 1.